The highest BCUT2D eigenvalue weighted by Gasteiger charge is 2.14. The molecule has 0 radical (unpaired) electrons. The Morgan fingerprint density at radius 1 is 1.30 bits per heavy atom. The first-order valence-corrected chi connectivity index (χ1v) is 8.88. The molecule has 3 aromatic rings. The third-order valence-corrected chi connectivity index (χ3v) is 4.37. The first kappa shape index (κ1) is 19.3. The number of aromatic nitrogens is 2. The highest BCUT2D eigenvalue weighted by atomic mass is 35.5. The van der Waals surface area contributed by atoms with Gasteiger partial charge in [0.05, 0.1) is 28.5 Å². The van der Waals surface area contributed by atoms with Gasteiger partial charge < -0.3 is 14.5 Å². The van der Waals surface area contributed by atoms with Crippen molar-refractivity contribution in [3.63, 3.8) is 0 Å². The number of furan rings is 1. The average Bonchev–Trinajstić information content (AvgIpc) is 3.25. The van der Waals surface area contributed by atoms with Crippen molar-refractivity contribution in [3.05, 3.63) is 69.6 Å². The van der Waals surface area contributed by atoms with Gasteiger partial charge in [0.15, 0.2) is 5.76 Å². The molecule has 0 spiro atoms. The Morgan fingerprint density at radius 2 is 2.11 bits per heavy atom. The van der Waals surface area contributed by atoms with Crippen LogP contribution in [0.1, 0.15) is 28.9 Å². The number of amides is 1. The smallest absolute Gasteiger partial charge is 0.287 e. The van der Waals surface area contributed by atoms with Gasteiger partial charge in [-0.2, -0.15) is 5.10 Å². The van der Waals surface area contributed by atoms with Crippen LogP contribution in [-0.4, -0.2) is 15.7 Å². The Kier molecular flexibility index (Phi) is 6.03. The van der Waals surface area contributed by atoms with E-state index in [-0.39, 0.29) is 29.8 Å². The molecule has 0 fully saturated rings. The molecule has 1 amide bonds. The maximum absolute atomic E-state index is 13.0. The summed E-state index contributed by atoms with van der Waals surface area (Å²) in [6.07, 6.45) is 1.54. The van der Waals surface area contributed by atoms with Gasteiger partial charge in [-0.15, -0.1) is 0 Å². The van der Waals surface area contributed by atoms with Gasteiger partial charge in [0.1, 0.15) is 23.9 Å². The summed E-state index contributed by atoms with van der Waals surface area (Å²) in [6.45, 7) is 2.85. The number of ether oxygens (including phenoxy) is 1. The molecule has 0 bridgehead atoms. The summed E-state index contributed by atoms with van der Waals surface area (Å²) in [5.41, 5.74) is 0.716. The number of carbonyl (C=O) groups is 1. The lowest BCUT2D eigenvalue weighted by molar-refractivity contribution is 0.0918. The molecule has 0 aliphatic heterocycles. The molecule has 1 N–H and O–H groups in total. The van der Waals surface area contributed by atoms with Crippen LogP contribution in [0.5, 0.6) is 5.75 Å². The molecular formula is C18H16Cl2FN3O3. The summed E-state index contributed by atoms with van der Waals surface area (Å²) in [5, 5.41) is 7.50. The highest BCUT2D eigenvalue weighted by molar-refractivity contribution is 6.32. The molecule has 142 valence electrons. The van der Waals surface area contributed by atoms with Gasteiger partial charge in [-0.05, 0) is 37.3 Å². The molecule has 2 aromatic heterocycles. The minimum absolute atomic E-state index is 0.0487. The van der Waals surface area contributed by atoms with Crippen molar-refractivity contribution >= 4 is 29.1 Å². The Balaban J connectivity index is 1.58. The number of nitrogens with zero attached hydrogens (tertiary/aromatic N) is 2. The van der Waals surface area contributed by atoms with Crippen LogP contribution in [0.4, 0.5) is 4.39 Å². The fraction of sp³-hybridized carbons (Fsp3) is 0.222. The highest BCUT2D eigenvalue weighted by Crippen LogP contribution is 2.26. The molecule has 27 heavy (non-hydrogen) atoms. The van der Waals surface area contributed by atoms with Crippen LogP contribution in [0.3, 0.4) is 0 Å². The topological polar surface area (TPSA) is 69.3 Å². The van der Waals surface area contributed by atoms with Crippen LogP contribution < -0.4 is 10.1 Å². The number of aryl methyl sites for hydroxylation is 1. The van der Waals surface area contributed by atoms with E-state index < -0.39 is 5.82 Å². The Hall–Kier alpha value is -2.51. The van der Waals surface area contributed by atoms with Crippen LogP contribution in [0, 0.1) is 5.82 Å². The number of hydrogen-bond donors (Lipinski definition) is 1. The standard InChI is InChI=1S/C18H16Cl2FN3O3/c1-2-24-15(14(20)8-23-24)9-22-18(25)17-6-4-12(27-17)10-26-16-5-3-11(21)7-13(16)19/h3-8H,2,9-10H2,1H3,(H,22,25). The maximum Gasteiger partial charge on any atom is 0.287 e. The number of benzene rings is 1. The van der Waals surface area contributed by atoms with E-state index in [9.17, 15) is 9.18 Å². The Morgan fingerprint density at radius 3 is 2.85 bits per heavy atom. The van der Waals surface area contributed by atoms with Crippen LogP contribution in [-0.2, 0) is 19.7 Å². The lowest BCUT2D eigenvalue weighted by Gasteiger charge is -2.07. The van der Waals surface area contributed by atoms with E-state index >= 15 is 0 Å². The third kappa shape index (κ3) is 4.61. The van der Waals surface area contributed by atoms with Crippen molar-refractivity contribution in [3.8, 4) is 5.75 Å². The molecule has 0 saturated carbocycles. The first-order valence-electron chi connectivity index (χ1n) is 8.13. The summed E-state index contributed by atoms with van der Waals surface area (Å²) in [7, 11) is 0. The van der Waals surface area contributed by atoms with E-state index in [1.807, 2.05) is 6.92 Å². The predicted molar refractivity (Wildman–Crippen MR) is 98.5 cm³/mol. The largest absolute Gasteiger partial charge is 0.484 e. The zero-order chi connectivity index (χ0) is 19.4. The summed E-state index contributed by atoms with van der Waals surface area (Å²) in [5.74, 6) is 0.0485. The zero-order valence-electron chi connectivity index (χ0n) is 14.3. The minimum atomic E-state index is -0.450. The summed E-state index contributed by atoms with van der Waals surface area (Å²) in [4.78, 5) is 12.2. The quantitative estimate of drug-likeness (QED) is 0.623. The number of rotatable bonds is 7. The summed E-state index contributed by atoms with van der Waals surface area (Å²) in [6, 6.07) is 6.99. The molecule has 0 aliphatic carbocycles. The van der Waals surface area contributed by atoms with Gasteiger partial charge in [0.2, 0.25) is 0 Å². The molecule has 2 heterocycles. The lowest BCUT2D eigenvalue weighted by atomic mass is 10.3. The summed E-state index contributed by atoms with van der Waals surface area (Å²) < 4.78 is 25.7. The number of hydrogen-bond acceptors (Lipinski definition) is 4. The molecule has 3 rings (SSSR count). The van der Waals surface area contributed by atoms with Gasteiger partial charge in [-0.25, -0.2) is 4.39 Å². The normalized spacial score (nSPS) is 10.8. The maximum atomic E-state index is 13.0. The van der Waals surface area contributed by atoms with Crippen molar-refractivity contribution in [2.24, 2.45) is 0 Å². The van der Waals surface area contributed by atoms with Gasteiger partial charge >= 0.3 is 0 Å². The molecule has 0 aliphatic rings. The van der Waals surface area contributed by atoms with Gasteiger partial charge in [0.25, 0.3) is 5.91 Å². The SMILES string of the molecule is CCn1ncc(Cl)c1CNC(=O)c1ccc(COc2ccc(F)cc2Cl)o1. The molecular weight excluding hydrogens is 396 g/mol. The van der Waals surface area contributed by atoms with E-state index in [0.29, 0.717) is 28.8 Å². The minimum Gasteiger partial charge on any atom is -0.484 e. The number of carbonyl (C=O) groups excluding carboxylic acids is 1. The average molecular weight is 412 g/mol. The van der Waals surface area contributed by atoms with E-state index in [1.54, 1.807) is 16.8 Å². The monoisotopic (exact) mass is 411 g/mol. The fourth-order valence-electron chi connectivity index (χ4n) is 2.41. The predicted octanol–water partition coefficient (Wildman–Crippen LogP) is 4.45. The second kappa shape index (κ2) is 8.45. The van der Waals surface area contributed by atoms with E-state index in [1.165, 1.54) is 18.3 Å². The Bertz CT molecular complexity index is 955. The van der Waals surface area contributed by atoms with Gasteiger partial charge in [-0.3, -0.25) is 9.48 Å². The lowest BCUT2D eigenvalue weighted by Crippen LogP contribution is -2.24. The van der Waals surface area contributed by atoms with E-state index in [0.717, 1.165) is 6.07 Å². The Labute approximate surface area is 164 Å². The van der Waals surface area contributed by atoms with Crippen molar-refractivity contribution in [1.82, 2.24) is 15.1 Å². The molecule has 1 aromatic carbocycles. The van der Waals surface area contributed by atoms with Crippen molar-refractivity contribution in [2.45, 2.75) is 26.6 Å². The van der Waals surface area contributed by atoms with Gasteiger partial charge in [0, 0.05) is 6.54 Å². The molecule has 9 heteroatoms. The number of halogens is 3. The fourth-order valence-corrected chi connectivity index (χ4v) is 2.84. The van der Waals surface area contributed by atoms with Crippen molar-refractivity contribution < 1.29 is 18.3 Å². The van der Waals surface area contributed by atoms with Crippen molar-refractivity contribution in [1.29, 1.82) is 0 Å². The van der Waals surface area contributed by atoms with Crippen LogP contribution in [0.2, 0.25) is 10.0 Å². The second-order valence-corrected chi connectivity index (χ2v) is 6.38. The molecule has 0 atom stereocenters. The van der Waals surface area contributed by atoms with E-state index in [4.69, 9.17) is 32.4 Å². The summed E-state index contributed by atoms with van der Waals surface area (Å²) >= 11 is 12.0. The first-order chi connectivity index (χ1) is 13.0. The van der Waals surface area contributed by atoms with Crippen molar-refractivity contribution in [2.75, 3.05) is 0 Å². The third-order valence-electron chi connectivity index (χ3n) is 3.76. The molecule has 0 saturated heterocycles. The van der Waals surface area contributed by atoms with Crippen LogP contribution in [0.25, 0.3) is 0 Å². The van der Waals surface area contributed by atoms with E-state index in [2.05, 4.69) is 10.4 Å². The zero-order valence-corrected chi connectivity index (χ0v) is 15.9. The van der Waals surface area contributed by atoms with Gasteiger partial charge in [-0.1, -0.05) is 23.2 Å². The molecule has 0 unspecified atom stereocenters. The van der Waals surface area contributed by atoms with Crippen LogP contribution in [0.15, 0.2) is 40.9 Å². The number of nitrogens with one attached hydrogen (secondary N) is 1. The molecule has 6 nitrogen and oxygen atoms in total. The van der Waals surface area contributed by atoms with Crippen LogP contribution >= 0.6 is 23.2 Å². The second-order valence-electron chi connectivity index (χ2n) is 5.57.